The topological polar surface area (TPSA) is 63.2 Å². The van der Waals surface area contributed by atoms with Gasteiger partial charge < -0.3 is 5.32 Å². The van der Waals surface area contributed by atoms with Crippen LogP contribution in [0.15, 0.2) is 12.1 Å². The van der Waals surface area contributed by atoms with Crippen LogP contribution < -0.4 is 5.32 Å². The first-order valence-electron chi connectivity index (χ1n) is 14.2. The maximum atomic E-state index is 13.6. The Morgan fingerprint density at radius 2 is 1.86 bits per heavy atom. The van der Waals surface area contributed by atoms with E-state index in [9.17, 15) is 14.4 Å². The van der Waals surface area contributed by atoms with Crippen molar-refractivity contribution in [2.75, 3.05) is 0 Å². The highest BCUT2D eigenvalue weighted by molar-refractivity contribution is 7.16. The highest BCUT2D eigenvalue weighted by atomic mass is 35.5. The van der Waals surface area contributed by atoms with Crippen LogP contribution in [0.3, 0.4) is 0 Å². The average molecular weight is 532 g/mol. The molecule has 0 radical (unpaired) electrons. The van der Waals surface area contributed by atoms with E-state index in [0.29, 0.717) is 55.0 Å². The van der Waals surface area contributed by atoms with Crippen LogP contribution in [0.2, 0.25) is 4.34 Å². The van der Waals surface area contributed by atoms with E-state index in [0.717, 1.165) is 47.7 Å². The van der Waals surface area contributed by atoms with Crippen molar-refractivity contribution in [3.8, 4) is 0 Å². The molecule has 4 saturated carbocycles. The Kier molecular flexibility index (Phi) is 7.22. The minimum atomic E-state index is 0.0143. The number of carbonyl (C=O) groups excluding carboxylic acids is 3. The Morgan fingerprint density at radius 1 is 1.11 bits per heavy atom. The fourth-order valence-corrected chi connectivity index (χ4v) is 10.5. The van der Waals surface area contributed by atoms with Crippen LogP contribution in [0.25, 0.3) is 0 Å². The molecule has 0 aromatic carbocycles. The van der Waals surface area contributed by atoms with Crippen molar-refractivity contribution in [3.63, 3.8) is 0 Å². The van der Waals surface area contributed by atoms with Crippen molar-refractivity contribution < 1.29 is 14.4 Å². The molecule has 4 nitrogen and oxygen atoms in total. The summed E-state index contributed by atoms with van der Waals surface area (Å²) in [6.07, 6.45) is 8.69. The van der Waals surface area contributed by atoms with Crippen molar-refractivity contribution in [1.29, 1.82) is 0 Å². The Morgan fingerprint density at radius 3 is 2.56 bits per heavy atom. The molecule has 1 heterocycles. The minimum absolute atomic E-state index is 0.0143. The maximum Gasteiger partial charge on any atom is 0.220 e. The van der Waals surface area contributed by atoms with Crippen molar-refractivity contribution in [2.45, 2.75) is 97.9 Å². The molecule has 9 atom stereocenters. The second-order valence-electron chi connectivity index (χ2n) is 12.9. The molecule has 1 amide bonds. The van der Waals surface area contributed by atoms with Gasteiger partial charge >= 0.3 is 0 Å². The zero-order chi connectivity index (χ0) is 25.8. The molecule has 1 aromatic rings. The number of fused-ring (bicyclic) bond motifs is 5. The first-order chi connectivity index (χ1) is 17.1. The number of halogens is 1. The third-order valence-electron chi connectivity index (χ3n) is 11.2. The molecule has 4 aliphatic carbocycles. The molecule has 36 heavy (non-hydrogen) atoms. The van der Waals surface area contributed by atoms with Crippen LogP contribution in [-0.4, -0.2) is 17.5 Å². The van der Waals surface area contributed by atoms with Gasteiger partial charge in [-0.1, -0.05) is 39.3 Å². The van der Waals surface area contributed by atoms with E-state index in [1.807, 2.05) is 12.1 Å². The minimum Gasteiger partial charge on any atom is -0.348 e. The summed E-state index contributed by atoms with van der Waals surface area (Å²) in [4.78, 5) is 40.0. The summed E-state index contributed by atoms with van der Waals surface area (Å²) in [6, 6.07) is 3.93. The van der Waals surface area contributed by atoms with Crippen LogP contribution in [0.5, 0.6) is 0 Å². The number of nitrogens with one attached hydrogen (secondary N) is 1. The van der Waals surface area contributed by atoms with Gasteiger partial charge in [-0.05, 0) is 91.1 Å². The molecule has 0 aliphatic heterocycles. The Bertz CT molecular complexity index is 1040. The van der Waals surface area contributed by atoms with E-state index >= 15 is 0 Å². The molecule has 0 spiro atoms. The molecule has 6 heteroatoms. The summed E-state index contributed by atoms with van der Waals surface area (Å²) < 4.78 is 0.754. The van der Waals surface area contributed by atoms with Crippen molar-refractivity contribution in [2.24, 2.45) is 46.3 Å². The number of carbonyl (C=O) groups is 3. The lowest BCUT2D eigenvalue weighted by Crippen LogP contribution is -2.57. The van der Waals surface area contributed by atoms with E-state index in [1.54, 1.807) is 0 Å². The smallest absolute Gasteiger partial charge is 0.220 e. The van der Waals surface area contributed by atoms with E-state index in [1.165, 1.54) is 11.3 Å². The van der Waals surface area contributed by atoms with Gasteiger partial charge in [-0.25, -0.2) is 0 Å². The van der Waals surface area contributed by atoms with Crippen LogP contribution >= 0.6 is 22.9 Å². The van der Waals surface area contributed by atoms with Crippen LogP contribution in [0, 0.1) is 46.3 Å². The number of Topliss-reactive ketones (excluding diaryl/α,β-unsaturated/α-hetero) is 2. The zero-order valence-electron chi connectivity index (χ0n) is 22.3. The quantitative estimate of drug-likeness (QED) is 0.416. The number of amides is 1. The van der Waals surface area contributed by atoms with Crippen molar-refractivity contribution >= 4 is 40.4 Å². The second kappa shape index (κ2) is 9.84. The van der Waals surface area contributed by atoms with Gasteiger partial charge in [-0.3, -0.25) is 14.4 Å². The largest absolute Gasteiger partial charge is 0.348 e. The SMILES string of the molecule is CCC(NC(=O)C[C@@H](C)[C@H]1CC[C@H]2[C@@H]3C(=O)C[C@@H]4CC(=O)CC[C@]4(C)[C@H]3CC[C@]12C)c1ccc(Cl)s1. The Hall–Kier alpha value is -1.20. The lowest BCUT2D eigenvalue weighted by atomic mass is 9.44. The number of rotatable bonds is 6. The number of thiophene rings is 1. The Balaban J connectivity index is 1.28. The maximum absolute atomic E-state index is 13.6. The second-order valence-corrected chi connectivity index (χ2v) is 14.7. The van der Waals surface area contributed by atoms with Gasteiger partial charge in [-0.2, -0.15) is 0 Å². The van der Waals surface area contributed by atoms with E-state index in [4.69, 9.17) is 11.6 Å². The summed E-state index contributed by atoms with van der Waals surface area (Å²) in [7, 11) is 0. The van der Waals surface area contributed by atoms with E-state index in [-0.39, 0.29) is 40.5 Å². The van der Waals surface area contributed by atoms with Gasteiger partial charge in [-0.15, -0.1) is 11.3 Å². The van der Waals surface area contributed by atoms with E-state index in [2.05, 4.69) is 33.0 Å². The summed E-state index contributed by atoms with van der Waals surface area (Å²) >= 11 is 7.67. The molecule has 198 valence electrons. The third-order valence-corrected chi connectivity index (χ3v) is 12.6. The Labute approximate surface area is 225 Å². The predicted octanol–water partition coefficient (Wildman–Crippen LogP) is 7.40. The van der Waals surface area contributed by atoms with Crippen molar-refractivity contribution in [3.05, 3.63) is 21.3 Å². The van der Waals surface area contributed by atoms with Crippen LogP contribution in [0.1, 0.15) is 103 Å². The van der Waals surface area contributed by atoms with E-state index < -0.39 is 0 Å². The highest BCUT2D eigenvalue weighted by Crippen LogP contribution is 2.67. The molecule has 4 aliphatic rings. The van der Waals surface area contributed by atoms with Gasteiger partial charge in [0.05, 0.1) is 10.4 Å². The molecule has 0 saturated heterocycles. The molecule has 1 unspecified atom stereocenters. The number of hydrogen-bond acceptors (Lipinski definition) is 4. The summed E-state index contributed by atoms with van der Waals surface area (Å²) in [6.45, 7) is 9.16. The first-order valence-corrected chi connectivity index (χ1v) is 15.3. The normalized spacial score (nSPS) is 39.6. The van der Waals surface area contributed by atoms with Gasteiger partial charge in [0.2, 0.25) is 5.91 Å². The summed E-state index contributed by atoms with van der Waals surface area (Å²) in [5.74, 6) is 2.91. The standard InChI is InChI=1S/C30H42ClNO3S/c1-5-23(25-8-9-26(31)36-25)32-27(35)14-17(2)20-6-7-21-28-22(11-13-30(20,21)4)29(3)12-10-19(33)15-18(29)16-24(28)34/h8-9,17-18,20-23,28H,5-7,10-16H2,1-4H3,(H,32,35)/t17-,18+,20-,21+,22+,23?,28+,29+,30-/m1/s1. The molecular weight excluding hydrogens is 490 g/mol. The third kappa shape index (κ3) is 4.40. The lowest BCUT2D eigenvalue weighted by Gasteiger charge is -2.59. The zero-order valence-corrected chi connectivity index (χ0v) is 23.9. The summed E-state index contributed by atoms with van der Waals surface area (Å²) in [5.41, 5.74) is 0.257. The first kappa shape index (κ1) is 26.4. The number of hydrogen-bond donors (Lipinski definition) is 1. The van der Waals surface area contributed by atoms with Gasteiger partial charge in [0.1, 0.15) is 11.6 Å². The molecular formula is C30H42ClNO3S. The fourth-order valence-electron chi connectivity index (χ4n) is 9.28. The molecule has 1 N–H and O–H groups in total. The fraction of sp³-hybridized carbons (Fsp3) is 0.767. The van der Waals surface area contributed by atoms with Gasteiger partial charge in [0, 0.05) is 36.5 Å². The van der Waals surface area contributed by atoms with Gasteiger partial charge in [0.25, 0.3) is 0 Å². The molecule has 1 aromatic heterocycles. The highest BCUT2D eigenvalue weighted by Gasteiger charge is 2.63. The predicted molar refractivity (Wildman–Crippen MR) is 145 cm³/mol. The summed E-state index contributed by atoms with van der Waals surface area (Å²) in [5, 5.41) is 3.26. The van der Waals surface area contributed by atoms with Crippen molar-refractivity contribution in [1.82, 2.24) is 5.32 Å². The van der Waals surface area contributed by atoms with Crippen LogP contribution in [-0.2, 0) is 14.4 Å². The monoisotopic (exact) mass is 531 g/mol. The molecule has 5 rings (SSSR count). The molecule has 4 fully saturated rings. The van der Waals surface area contributed by atoms with Gasteiger partial charge in [0.15, 0.2) is 0 Å². The lowest BCUT2D eigenvalue weighted by molar-refractivity contribution is -0.159. The number of ketones is 2. The molecule has 0 bridgehead atoms. The average Bonchev–Trinajstić information content (AvgIpc) is 3.41. The van der Waals surface area contributed by atoms with Crippen LogP contribution in [0.4, 0.5) is 0 Å².